The Hall–Kier alpha value is -5.44. The van der Waals surface area contributed by atoms with Crippen molar-refractivity contribution in [2.45, 2.75) is 13.0 Å². The average molecular weight is 542 g/mol. The van der Waals surface area contributed by atoms with Crippen LogP contribution in [0.3, 0.4) is 0 Å². The van der Waals surface area contributed by atoms with Crippen LogP contribution in [0.1, 0.15) is 22.9 Å². The number of aliphatic imine (C=N–C) groups is 2. The number of aromatic nitrogens is 3. The predicted molar refractivity (Wildman–Crippen MR) is 161 cm³/mol. The zero-order valence-electron chi connectivity index (χ0n) is 22.8. The Bertz CT molecular complexity index is 1830. The van der Waals surface area contributed by atoms with Gasteiger partial charge in [0, 0.05) is 23.5 Å². The minimum atomic E-state index is -0.260. The third-order valence-electron chi connectivity index (χ3n) is 7.25. The highest BCUT2D eigenvalue weighted by atomic mass is 16.5. The van der Waals surface area contributed by atoms with Gasteiger partial charge in [-0.25, -0.2) is 15.0 Å². The number of aryl methyl sites for hydroxylation is 1. The van der Waals surface area contributed by atoms with Gasteiger partial charge in [0.25, 0.3) is 0 Å². The maximum atomic E-state index is 5.64. The number of nitrogens with zero attached hydrogens (tertiary/aromatic N) is 6. The van der Waals surface area contributed by atoms with Gasteiger partial charge in [0.2, 0.25) is 0 Å². The summed E-state index contributed by atoms with van der Waals surface area (Å²) in [6.45, 7) is 2.02. The van der Waals surface area contributed by atoms with Crippen molar-refractivity contribution in [2.24, 2.45) is 9.98 Å². The zero-order valence-corrected chi connectivity index (χ0v) is 22.8. The topological polar surface area (TPSA) is 89.2 Å². The third kappa shape index (κ3) is 4.19. The molecule has 0 bridgehead atoms. The molecule has 0 aliphatic carbocycles. The number of pyridine rings is 1. The minimum absolute atomic E-state index is 0.260. The van der Waals surface area contributed by atoms with Crippen LogP contribution in [0.4, 0.5) is 22.9 Å². The average Bonchev–Trinajstić information content (AvgIpc) is 3.36. The molecular formula is C32H27N7O2. The van der Waals surface area contributed by atoms with E-state index in [0.29, 0.717) is 23.3 Å². The van der Waals surface area contributed by atoms with E-state index in [-0.39, 0.29) is 6.04 Å². The summed E-state index contributed by atoms with van der Waals surface area (Å²) in [4.78, 5) is 17.1. The van der Waals surface area contributed by atoms with Gasteiger partial charge in [0.05, 0.1) is 37.3 Å². The smallest absolute Gasteiger partial charge is 0.179 e. The molecule has 0 amide bonds. The molecule has 2 aromatic heterocycles. The summed E-state index contributed by atoms with van der Waals surface area (Å²) in [6.07, 6.45) is 1.76. The number of amidine groups is 2. The molecule has 2 aliphatic rings. The molecule has 1 N–H and O–H groups in total. The van der Waals surface area contributed by atoms with E-state index in [1.54, 1.807) is 20.4 Å². The minimum Gasteiger partial charge on any atom is -0.497 e. The van der Waals surface area contributed by atoms with Crippen LogP contribution in [0, 0.1) is 6.92 Å². The Kier molecular flexibility index (Phi) is 5.96. The van der Waals surface area contributed by atoms with Gasteiger partial charge in [-0.15, -0.1) is 0 Å². The first-order valence-corrected chi connectivity index (χ1v) is 13.3. The van der Waals surface area contributed by atoms with Gasteiger partial charge in [-0.2, -0.15) is 9.78 Å². The fourth-order valence-corrected chi connectivity index (χ4v) is 5.40. The number of nitrogens with one attached hydrogen (secondary N) is 1. The Balaban J connectivity index is 1.49. The van der Waals surface area contributed by atoms with Crippen LogP contribution in [0.2, 0.25) is 0 Å². The molecule has 9 nitrogen and oxygen atoms in total. The molecule has 0 radical (unpaired) electrons. The lowest BCUT2D eigenvalue weighted by Gasteiger charge is -2.40. The summed E-state index contributed by atoms with van der Waals surface area (Å²) in [6, 6.07) is 29.5. The van der Waals surface area contributed by atoms with Gasteiger partial charge in [-0.1, -0.05) is 36.4 Å². The van der Waals surface area contributed by atoms with Crippen LogP contribution in [0.5, 0.6) is 11.5 Å². The summed E-state index contributed by atoms with van der Waals surface area (Å²) >= 11 is 0. The third-order valence-corrected chi connectivity index (χ3v) is 7.25. The number of methoxy groups -OCH3 is 2. The highest BCUT2D eigenvalue weighted by Crippen LogP contribution is 2.48. The molecule has 0 spiro atoms. The van der Waals surface area contributed by atoms with Crippen molar-refractivity contribution in [3.05, 3.63) is 114 Å². The van der Waals surface area contributed by atoms with Crippen LogP contribution in [-0.4, -0.2) is 40.7 Å². The summed E-state index contributed by atoms with van der Waals surface area (Å²) in [7, 11) is 3.34. The lowest BCUT2D eigenvalue weighted by atomic mass is 9.93. The summed E-state index contributed by atoms with van der Waals surface area (Å²) in [5, 5.41) is 8.45. The molecule has 1 atom stereocenters. The van der Waals surface area contributed by atoms with Crippen LogP contribution in [-0.2, 0) is 0 Å². The number of benzene rings is 3. The molecule has 0 fully saturated rings. The van der Waals surface area contributed by atoms with E-state index in [9.17, 15) is 0 Å². The number of para-hydroxylation sites is 2. The summed E-state index contributed by atoms with van der Waals surface area (Å²) < 4.78 is 12.9. The Morgan fingerprint density at radius 2 is 1.59 bits per heavy atom. The molecule has 2 aliphatic heterocycles. The van der Waals surface area contributed by atoms with Crippen LogP contribution in [0.15, 0.2) is 107 Å². The predicted octanol–water partition coefficient (Wildman–Crippen LogP) is 6.39. The standard InChI is InChI=1S/C32H27N7O2/c1-20-28-29(21-10-8-12-23(18-21)40-2)38-26-15-5-4-14-25(26)35-30(34-22-11-9-13-24(19-22)41-3)32(38)36-31(28)39(37-20)27-16-6-7-17-33-27/h4-19,29H,1-3H3,(H,34,35)/t29-/m0/s1. The monoisotopic (exact) mass is 541 g/mol. The van der Waals surface area contributed by atoms with Crippen LogP contribution < -0.4 is 19.7 Å². The van der Waals surface area contributed by atoms with Gasteiger partial charge < -0.3 is 19.7 Å². The largest absolute Gasteiger partial charge is 0.497 e. The fraction of sp³-hybridized carbons (Fsp3) is 0.125. The maximum absolute atomic E-state index is 5.64. The van der Waals surface area contributed by atoms with E-state index in [0.717, 1.165) is 45.4 Å². The Morgan fingerprint density at radius 3 is 2.39 bits per heavy atom. The molecule has 3 aromatic carbocycles. The molecule has 7 rings (SSSR count). The lowest BCUT2D eigenvalue weighted by Crippen LogP contribution is -2.46. The number of fused-ring (bicyclic) bond motifs is 4. The van der Waals surface area contributed by atoms with Gasteiger partial charge in [0.15, 0.2) is 23.3 Å². The number of rotatable bonds is 5. The van der Waals surface area contributed by atoms with Gasteiger partial charge in [0.1, 0.15) is 11.5 Å². The van der Waals surface area contributed by atoms with Crippen molar-refractivity contribution in [1.82, 2.24) is 14.8 Å². The first kappa shape index (κ1) is 24.6. The highest BCUT2D eigenvalue weighted by molar-refractivity contribution is 6.51. The summed E-state index contributed by atoms with van der Waals surface area (Å²) in [5.41, 5.74) is 5.52. The summed E-state index contributed by atoms with van der Waals surface area (Å²) in [5.74, 6) is 4.20. The van der Waals surface area contributed by atoms with Crippen LogP contribution >= 0.6 is 0 Å². The van der Waals surface area contributed by atoms with Gasteiger partial charge >= 0.3 is 0 Å². The van der Waals surface area contributed by atoms with Crippen molar-refractivity contribution in [1.29, 1.82) is 0 Å². The molecule has 41 heavy (non-hydrogen) atoms. The molecule has 0 saturated heterocycles. The first-order valence-electron chi connectivity index (χ1n) is 13.3. The molecule has 5 aromatic rings. The molecule has 202 valence electrons. The molecule has 0 unspecified atom stereocenters. The molecule has 0 saturated carbocycles. The number of ether oxygens (including phenoxy) is 2. The van der Waals surface area contributed by atoms with Crippen LogP contribution in [0.25, 0.3) is 5.82 Å². The SMILES string of the molecule is COc1cccc(NC2=Nc3ccccc3N3C2=Nc2c(c(C)nn2-c2ccccn2)[C@@H]3c2cccc(OC)c2)c1. The quantitative estimate of drug-likeness (QED) is 0.277. The van der Waals surface area contributed by atoms with E-state index in [4.69, 9.17) is 24.6 Å². The van der Waals surface area contributed by atoms with Gasteiger partial charge in [-0.05, 0) is 61.0 Å². The number of hydrogen-bond donors (Lipinski definition) is 1. The molecular weight excluding hydrogens is 514 g/mol. The molecule has 4 heterocycles. The number of hydrogen-bond acceptors (Lipinski definition) is 8. The second-order valence-corrected chi connectivity index (χ2v) is 9.71. The zero-order chi connectivity index (χ0) is 27.9. The lowest BCUT2D eigenvalue weighted by molar-refractivity contribution is 0.414. The highest BCUT2D eigenvalue weighted by Gasteiger charge is 2.41. The van der Waals surface area contributed by atoms with Crippen molar-refractivity contribution >= 4 is 34.6 Å². The van der Waals surface area contributed by atoms with E-state index < -0.39 is 0 Å². The van der Waals surface area contributed by atoms with Crippen molar-refractivity contribution < 1.29 is 9.47 Å². The maximum Gasteiger partial charge on any atom is 0.179 e. The second-order valence-electron chi connectivity index (χ2n) is 9.71. The van der Waals surface area contributed by atoms with Crippen molar-refractivity contribution in [3.8, 4) is 17.3 Å². The molecule has 9 heteroatoms. The normalized spacial score (nSPS) is 15.2. The Labute approximate surface area is 237 Å². The van der Waals surface area contributed by atoms with E-state index in [2.05, 4.69) is 33.4 Å². The van der Waals surface area contributed by atoms with E-state index in [1.807, 2.05) is 84.4 Å². The fourth-order valence-electron chi connectivity index (χ4n) is 5.40. The van der Waals surface area contributed by atoms with E-state index >= 15 is 0 Å². The Morgan fingerprint density at radius 1 is 0.805 bits per heavy atom. The van der Waals surface area contributed by atoms with E-state index in [1.165, 1.54) is 0 Å². The second kappa shape index (κ2) is 9.95. The first-order chi connectivity index (χ1) is 20.1. The van der Waals surface area contributed by atoms with Crippen molar-refractivity contribution in [2.75, 3.05) is 24.4 Å². The van der Waals surface area contributed by atoms with Gasteiger partial charge in [-0.3, -0.25) is 0 Å². The van der Waals surface area contributed by atoms with Crippen molar-refractivity contribution in [3.63, 3.8) is 0 Å². The number of anilines is 2.